The van der Waals surface area contributed by atoms with Gasteiger partial charge in [0, 0.05) is 47.1 Å². The molecule has 1 fully saturated rings. The minimum atomic E-state index is -0.171. The van der Waals surface area contributed by atoms with Gasteiger partial charge in [-0.1, -0.05) is 18.2 Å². The summed E-state index contributed by atoms with van der Waals surface area (Å²) in [5.41, 5.74) is 1.85. The molecular formula is C21H20IN5O. The second-order valence-electron chi connectivity index (χ2n) is 6.53. The van der Waals surface area contributed by atoms with Crippen molar-refractivity contribution in [3.05, 3.63) is 76.1 Å². The molecule has 4 rings (SSSR count). The largest absolute Gasteiger partial charge is 0.368 e. The van der Waals surface area contributed by atoms with E-state index >= 15 is 0 Å². The standard InChI is InChI=1S/C21H20IN5O/c22-17-8-6-16(7-9-17)21(28)25-19-14-20(24-15-23-19)27-12-10-26(11-13-27)18-4-2-1-3-5-18/h1-9,14-15H,10-13H2,(H,23,24,25,28). The van der Waals surface area contributed by atoms with Gasteiger partial charge in [0.15, 0.2) is 0 Å². The van der Waals surface area contributed by atoms with Crippen LogP contribution in [0.25, 0.3) is 0 Å². The molecule has 1 aromatic heterocycles. The molecule has 0 aliphatic carbocycles. The molecule has 0 bridgehead atoms. The third kappa shape index (κ3) is 4.41. The minimum absolute atomic E-state index is 0.171. The summed E-state index contributed by atoms with van der Waals surface area (Å²) in [4.78, 5) is 25.6. The molecular weight excluding hydrogens is 465 g/mol. The van der Waals surface area contributed by atoms with Crippen molar-refractivity contribution in [2.45, 2.75) is 0 Å². The first-order valence-corrected chi connectivity index (χ1v) is 10.2. The summed E-state index contributed by atoms with van der Waals surface area (Å²) in [6, 6.07) is 19.7. The smallest absolute Gasteiger partial charge is 0.256 e. The molecule has 0 unspecified atom stereocenters. The Morgan fingerprint density at radius 3 is 2.29 bits per heavy atom. The van der Waals surface area contributed by atoms with Crippen LogP contribution in [0.4, 0.5) is 17.3 Å². The normalized spacial score (nSPS) is 14.0. The van der Waals surface area contributed by atoms with E-state index in [1.807, 2.05) is 36.4 Å². The number of nitrogens with one attached hydrogen (secondary N) is 1. The highest BCUT2D eigenvalue weighted by molar-refractivity contribution is 14.1. The van der Waals surface area contributed by atoms with E-state index in [0.29, 0.717) is 11.4 Å². The van der Waals surface area contributed by atoms with Crippen LogP contribution in [-0.4, -0.2) is 42.1 Å². The lowest BCUT2D eigenvalue weighted by Gasteiger charge is -2.36. The van der Waals surface area contributed by atoms with Crippen molar-refractivity contribution in [1.82, 2.24) is 9.97 Å². The molecule has 1 amide bonds. The van der Waals surface area contributed by atoms with Crippen LogP contribution < -0.4 is 15.1 Å². The van der Waals surface area contributed by atoms with Crippen molar-refractivity contribution in [2.75, 3.05) is 41.3 Å². The fourth-order valence-corrected chi connectivity index (χ4v) is 3.57. The molecule has 6 nitrogen and oxygen atoms in total. The second-order valence-corrected chi connectivity index (χ2v) is 7.78. The lowest BCUT2D eigenvalue weighted by molar-refractivity contribution is 0.102. The maximum absolute atomic E-state index is 12.4. The average Bonchev–Trinajstić information content (AvgIpc) is 2.75. The first-order chi connectivity index (χ1) is 13.7. The number of amides is 1. The molecule has 1 aliphatic rings. The number of anilines is 3. The zero-order valence-corrected chi connectivity index (χ0v) is 17.4. The van der Waals surface area contributed by atoms with E-state index in [0.717, 1.165) is 35.6 Å². The molecule has 2 heterocycles. The molecule has 0 saturated carbocycles. The first kappa shape index (κ1) is 18.7. The van der Waals surface area contributed by atoms with Gasteiger partial charge in [-0.15, -0.1) is 0 Å². The number of carbonyl (C=O) groups is 1. The summed E-state index contributed by atoms with van der Waals surface area (Å²) in [6.07, 6.45) is 1.50. The third-order valence-corrected chi connectivity index (χ3v) is 5.44. The number of hydrogen-bond donors (Lipinski definition) is 1. The molecule has 0 radical (unpaired) electrons. The Balaban J connectivity index is 1.40. The topological polar surface area (TPSA) is 61.4 Å². The van der Waals surface area contributed by atoms with Gasteiger partial charge in [0.05, 0.1) is 0 Å². The van der Waals surface area contributed by atoms with Gasteiger partial charge in [-0.25, -0.2) is 9.97 Å². The van der Waals surface area contributed by atoms with Gasteiger partial charge >= 0.3 is 0 Å². The number of para-hydroxylation sites is 1. The Labute approximate surface area is 177 Å². The molecule has 1 aliphatic heterocycles. The predicted octanol–water partition coefficient (Wildman–Crippen LogP) is 3.66. The summed E-state index contributed by atoms with van der Waals surface area (Å²) in [5, 5.41) is 2.86. The zero-order chi connectivity index (χ0) is 19.3. The Bertz CT molecular complexity index is 941. The van der Waals surface area contributed by atoms with Crippen molar-refractivity contribution >= 4 is 45.8 Å². The summed E-state index contributed by atoms with van der Waals surface area (Å²) in [6.45, 7) is 3.60. The number of piperazine rings is 1. The van der Waals surface area contributed by atoms with Gasteiger partial charge in [-0.05, 0) is 59.0 Å². The molecule has 28 heavy (non-hydrogen) atoms. The maximum atomic E-state index is 12.4. The van der Waals surface area contributed by atoms with Crippen LogP contribution in [0.2, 0.25) is 0 Å². The van der Waals surface area contributed by atoms with E-state index in [4.69, 9.17) is 0 Å². The van der Waals surface area contributed by atoms with E-state index < -0.39 is 0 Å². The monoisotopic (exact) mass is 485 g/mol. The van der Waals surface area contributed by atoms with E-state index in [-0.39, 0.29) is 5.91 Å². The molecule has 142 valence electrons. The van der Waals surface area contributed by atoms with Crippen LogP contribution in [0.3, 0.4) is 0 Å². The van der Waals surface area contributed by atoms with E-state index in [2.05, 4.69) is 71.9 Å². The summed E-state index contributed by atoms with van der Waals surface area (Å²) < 4.78 is 1.09. The lowest BCUT2D eigenvalue weighted by Crippen LogP contribution is -2.46. The number of carbonyl (C=O) groups excluding carboxylic acids is 1. The summed E-state index contributed by atoms with van der Waals surface area (Å²) in [5.74, 6) is 1.18. The number of halogens is 1. The van der Waals surface area contributed by atoms with Crippen molar-refractivity contribution in [2.24, 2.45) is 0 Å². The highest BCUT2D eigenvalue weighted by Gasteiger charge is 2.19. The number of nitrogens with zero attached hydrogens (tertiary/aromatic N) is 4. The zero-order valence-electron chi connectivity index (χ0n) is 15.3. The first-order valence-electron chi connectivity index (χ1n) is 9.13. The van der Waals surface area contributed by atoms with Gasteiger partial charge in [-0.3, -0.25) is 4.79 Å². The Morgan fingerprint density at radius 2 is 1.57 bits per heavy atom. The number of benzene rings is 2. The highest BCUT2D eigenvalue weighted by atomic mass is 127. The molecule has 7 heteroatoms. The highest BCUT2D eigenvalue weighted by Crippen LogP contribution is 2.20. The molecule has 0 atom stereocenters. The quantitative estimate of drug-likeness (QED) is 0.572. The summed E-state index contributed by atoms with van der Waals surface area (Å²) in [7, 11) is 0. The molecule has 3 aromatic rings. The van der Waals surface area contributed by atoms with Crippen LogP contribution in [0, 0.1) is 3.57 Å². The van der Waals surface area contributed by atoms with E-state index in [9.17, 15) is 4.79 Å². The van der Waals surface area contributed by atoms with E-state index in [1.54, 1.807) is 0 Å². The van der Waals surface area contributed by atoms with Gasteiger partial charge in [0.25, 0.3) is 5.91 Å². The van der Waals surface area contributed by atoms with Gasteiger partial charge in [0.2, 0.25) is 0 Å². The molecule has 1 saturated heterocycles. The fraction of sp³-hybridized carbons (Fsp3) is 0.190. The van der Waals surface area contributed by atoms with Crippen molar-refractivity contribution in [3.63, 3.8) is 0 Å². The number of rotatable bonds is 4. The van der Waals surface area contributed by atoms with Gasteiger partial charge in [-0.2, -0.15) is 0 Å². The van der Waals surface area contributed by atoms with Crippen LogP contribution in [-0.2, 0) is 0 Å². The fourth-order valence-electron chi connectivity index (χ4n) is 3.21. The molecule has 0 spiro atoms. The predicted molar refractivity (Wildman–Crippen MR) is 120 cm³/mol. The van der Waals surface area contributed by atoms with Crippen LogP contribution >= 0.6 is 22.6 Å². The van der Waals surface area contributed by atoms with Gasteiger partial charge in [0.1, 0.15) is 18.0 Å². The average molecular weight is 485 g/mol. The van der Waals surface area contributed by atoms with Crippen LogP contribution in [0.15, 0.2) is 67.0 Å². The summed E-state index contributed by atoms with van der Waals surface area (Å²) >= 11 is 2.22. The third-order valence-electron chi connectivity index (χ3n) is 4.73. The van der Waals surface area contributed by atoms with Gasteiger partial charge < -0.3 is 15.1 Å². The van der Waals surface area contributed by atoms with Crippen molar-refractivity contribution in [1.29, 1.82) is 0 Å². The SMILES string of the molecule is O=C(Nc1cc(N2CCN(c3ccccc3)CC2)ncn1)c1ccc(I)cc1. The van der Waals surface area contributed by atoms with Crippen molar-refractivity contribution in [3.8, 4) is 0 Å². The minimum Gasteiger partial charge on any atom is -0.368 e. The van der Waals surface area contributed by atoms with Crippen LogP contribution in [0.1, 0.15) is 10.4 Å². The van der Waals surface area contributed by atoms with E-state index in [1.165, 1.54) is 12.0 Å². The molecule has 2 aromatic carbocycles. The number of aromatic nitrogens is 2. The Hall–Kier alpha value is -2.68. The van der Waals surface area contributed by atoms with Crippen LogP contribution in [0.5, 0.6) is 0 Å². The lowest BCUT2D eigenvalue weighted by atomic mass is 10.2. The Morgan fingerprint density at radius 1 is 0.893 bits per heavy atom. The number of hydrogen-bond acceptors (Lipinski definition) is 5. The molecule has 1 N–H and O–H groups in total. The Kier molecular flexibility index (Phi) is 5.70. The maximum Gasteiger partial charge on any atom is 0.256 e. The van der Waals surface area contributed by atoms with Crippen molar-refractivity contribution < 1.29 is 4.79 Å². The second kappa shape index (κ2) is 8.55.